The highest BCUT2D eigenvalue weighted by Crippen LogP contribution is 2.29. The predicted octanol–water partition coefficient (Wildman–Crippen LogP) is 4.55. The van der Waals surface area contributed by atoms with Crippen molar-refractivity contribution in [3.05, 3.63) is 64.6 Å². The molecule has 0 aliphatic rings. The number of aryl methyl sites for hydroxylation is 2. The van der Waals surface area contributed by atoms with Crippen molar-refractivity contribution in [2.75, 3.05) is 7.05 Å². The van der Waals surface area contributed by atoms with Gasteiger partial charge in [-0.15, -0.1) is 11.3 Å². The lowest BCUT2D eigenvalue weighted by molar-refractivity contribution is 0.0779. The molecule has 0 atom stereocenters. The molecule has 0 aliphatic carbocycles. The van der Waals surface area contributed by atoms with E-state index in [-0.39, 0.29) is 5.91 Å². The highest BCUT2D eigenvalue weighted by molar-refractivity contribution is 7.17. The van der Waals surface area contributed by atoms with Crippen LogP contribution in [0.3, 0.4) is 0 Å². The summed E-state index contributed by atoms with van der Waals surface area (Å²) in [5, 5.41) is 0.880. The van der Waals surface area contributed by atoms with Gasteiger partial charge in [-0.2, -0.15) is 0 Å². The second kappa shape index (κ2) is 7.01. The van der Waals surface area contributed by atoms with Crippen LogP contribution in [-0.2, 0) is 13.0 Å². The van der Waals surface area contributed by atoms with Crippen LogP contribution in [-0.4, -0.2) is 22.8 Å². The van der Waals surface area contributed by atoms with Crippen LogP contribution in [0.2, 0.25) is 0 Å². The summed E-state index contributed by atoms with van der Waals surface area (Å²) in [5.74, 6) is 0.737. The molecule has 1 aromatic carbocycles. The van der Waals surface area contributed by atoms with E-state index in [0.29, 0.717) is 11.4 Å². The van der Waals surface area contributed by atoms with E-state index in [1.54, 1.807) is 18.2 Å². The van der Waals surface area contributed by atoms with Crippen molar-refractivity contribution >= 4 is 17.2 Å². The lowest BCUT2D eigenvalue weighted by atomic mass is 10.1. The average Bonchev–Trinajstić information content (AvgIpc) is 3.24. The largest absolute Gasteiger partial charge is 0.467 e. The average molecular weight is 340 g/mol. The number of hydrogen-bond donors (Lipinski definition) is 0. The molecular weight excluding hydrogens is 320 g/mol. The Hall–Kier alpha value is -2.40. The molecule has 2 aromatic heterocycles. The fourth-order valence-electron chi connectivity index (χ4n) is 2.48. The fraction of sp³-hybridized carbons (Fsp3) is 0.263. The molecule has 124 valence electrons. The molecule has 0 radical (unpaired) electrons. The number of amides is 1. The molecule has 0 N–H and O–H groups in total. The Kier molecular flexibility index (Phi) is 4.81. The summed E-state index contributed by atoms with van der Waals surface area (Å²) in [7, 11) is 1.78. The van der Waals surface area contributed by atoms with Gasteiger partial charge in [0, 0.05) is 12.6 Å². The SMILES string of the molecule is CCc1ccc(-c2nc(C)c(C(=O)N(C)Cc3ccco3)s2)cc1. The first-order chi connectivity index (χ1) is 11.6. The lowest BCUT2D eigenvalue weighted by Gasteiger charge is -2.14. The van der Waals surface area contributed by atoms with Crippen molar-refractivity contribution in [2.45, 2.75) is 26.8 Å². The van der Waals surface area contributed by atoms with Crippen molar-refractivity contribution in [1.29, 1.82) is 0 Å². The number of benzene rings is 1. The maximum Gasteiger partial charge on any atom is 0.266 e. The molecule has 4 nitrogen and oxygen atoms in total. The van der Waals surface area contributed by atoms with E-state index < -0.39 is 0 Å². The zero-order valence-electron chi connectivity index (χ0n) is 14.1. The van der Waals surface area contributed by atoms with Crippen LogP contribution in [0.15, 0.2) is 47.1 Å². The molecule has 0 saturated carbocycles. The molecule has 0 bridgehead atoms. The van der Waals surface area contributed by atoms with Crippen LogP contribution in [0, 0.1) is 6.92 Å². The monoisotopic (exact) mass is 340 g/mol. The van der Waals surface area contributed by atoms with Crippen LogP contribution in [0.1, 0.15) is 33.6 Å². The molecule has 5 heteroatoms. The first kappa shape index (κ1) is 16.5. The Morgan fingerprint density at radius 2 is 2.00 bits per heavy atom. The number of nitrogens with zero attached hydrogens (tertiary/aromatic N) is 2. The zero-order valence-corrected chi connectivity index (χ0v) is 14.9. The van der Waals surface area contributed by atoms with E-state index >= 15 is 0 Å². The maximum atomic E-state index is 12.7. The van der Waals surface area contributed by atoms with Gasteiger partial charge in [-0.25, -0.2) is 4.98 Å². The molecule has 1 amide bonds. The number of aromatic nitrogens is 1. The molecule has 2 heterocycles. The van der Waals surface area contributed by atoms with Crippen LogP contribution < -0.4 is 0 Å². The summed E-state index contributed by atoms with van der Waals surface area (Å²) in [6.07, 6.45) is 2.63. The molecule has 0 unspecified atom stereocenters. The molecule has 3 rings (SSSR count). The maximum absolute atomic E-state index is 12.7. The van der Waals surface area contributed by atoms with E-state index in [1.165, 1.54) is 16.9 Å². The minimum Gasteiger partial charge on any atom is -0.467 e. The summed E-state index contributed by atoms with van der Waals surface area (Å²) >= 11 is 1.44. The second-order valence-electron chi connectivity index (χ2n) is 5.72. The summed E-state index contributed by atoms with van der Waals surface area (Å²) in [6.45, 7) is 4.46. The Morgan fingerprint density at radius 3 is 2.62 bits per heavy atom. The van der Waals surface area contributed by atoms with Crippen LogP contribution >= 0.6 is 11.3 Å². The topological polar surface area (TPSA) is 46.3 Å². The molecule has 0 fully saturated rings. The Morgan fingerprint density at radius 1 is 1.25 bits per heavy atom. The van der Waals surface area contributed by atoms with Crippen molar-refractivity contribution in [2.24, 2.45) is 0 Å². The van der Waals surface area contributed by atoms with Gasteiger partial charge in [-0.1, -0.05) is 31.2 Å². The number of hydrogen-bond acceptors (Lipinski definition) is 4. The Labute approximate surface area is 145 Å². The summed E-state index contributed by atoms with van der Waals surface area (Å²) in [5.41, 5.74) is 3.11. The van der Waals surface area contributed by atoms with Crippen molar-refractivity contribution in [1.82, 2.24) is 9.88 Å². The molecule has 0 aliphatic heterocycles. The van der Waals surface area contributed by atoms with Gasteiger partial charge in [0.1, 0.15) is 15.6 Å². The highest BCUT2D eigenvalue weighted by atomic mass is 32.1. The second-order valence-corrected chi connectivity index (χ2v) is 6.72. The van der Waals surface area contributed by atoms with Crippen LogP contribution in [0.5, 0.6) is 0 Å². The third kappa shape index (κ3) is 3.41. The van der Waals surface area contributed by atoms with Gasteiger partial charge in [0.25, 0.3) is 5.91 Å². The fourth-order valence-corrected chi connectivity index (χ4v) is 3.55. The Bertz CT molecular complexity index is 820. The lowest BCUT2D eigenvalue weighted by Crippen LogP contribution is -2.25. The van der Waals surface area contributed by atoms with E-state index in [0.717, 1.165) is 28.4 Å². The summed E-state index contributed by atoms with van der Waals surface area (Å²) < 4.78 is 5.31. The molecule has 0 saturated heterocycles. The van der Waals surface area contributed by atoms with Crippen molar-refractivity contribution in [3.63, 3.8) is 0 Å². The molecule has 0 spiro atoms. The van der Waals surface area contributed by atoms with Gasteiger partial charge in [0.2, 0.25) is 0 Å². The Balaban J connectivity index is 1.81. The smallest absolute Gasteiger partial charge is 0.266 e. The number of rotatable bonds is 5. The molecule has 24 heavy (non-hydrogen) atoms. The predicted molar refractivity (Wildman–Crippen MR) is 96.2 cm³/mol. The van der Waals surface area contributed by atoms with Crippen molar-refractivity contribution in [3.8, 4) is 10.6 Å². The van der Waals surface area contributed by atoms with Gasteiger partial charge in [0.05, 0.1) is 18.5 Å². The van der Waals surface area contributed by atoms with Crippen LogP contribution in [0.25, 0.3) is 10.6 Å². The number of carbonyl (C=O) groups is 1. The molecular formula is C19H20N2O2S. The summed E-state index contributed by atoms with van der Waals surface area (Å²) in [4.78, 5) is 19.6. The minimum atomic E-state index is -0.0298. The normalized spacial score (nSPS) is 10.8. The summed E-state index contributed by atoms with van der Waals surface area (Å²) in [6, 6.07) is 12.0. The first-order valence-corrected chi connectivity index (χ1v) is 8.74. The number of carbonyl (C=O) groups excluding carboxylic acids is 1. The first-order valence-electron chi connectivity index (χ1n) is 7.93. The van der Waals surface area contributed by atoms with Crippen molar-refractivity contribution < 1.29 is 9.21 Å². The number of furan rings is 1. The molecule has 3 aromatic rings. The van der Waals surface area contributed by atoms with Gasteiger partial charge in [0.15, 0.2) is 0 Å². The number of thiazole rings is 1. The minimum absolute atomic E-state index is 0.0298. The van der Waals surface area contributed by atoms with Gasteiger partial charge >= 0.3 is 0 Å². The van der Waals surface area contributed by atoms with E-state index in [4.69, 9.17) is 4.42 Å². The van der Waals surface area contributed by atoms with Gasteiger partial charge in [-0.05, 0) is 31.0 Å². The van der Waals surface area contributed by atoms with Gasteiger partial charge < -0.3 is 9.32 Å². The highest BCUT2D eigenvalue weighted by Gasteiger charge is 2.20. The quantitative estimate of drug-likeness (QED) is 0.685. The van der Waals surface area contributed by atoms with Gasteiger partial charge in [-0.3, -0.25) is 4.79 Å². The zero-order chi connectivity index (χ0) is 17.1. The van der Waals surface area contributed by atoms with E-state index in [1.807, 2.05) is 19.1 Å². The van der Waals surface area contributed by atoms with Crippen LogP contribution in [0.4, 0.5) is 0 Å². The third-order valence-electron chi connectivity index (χ3n) is 3.92. The third-order valence-corrected chi connectivity index (χ3v) is 5.11. The van der Waals surface area contributed by atoms with E-state index in [2.05, 4.69) is 36.2 Å². The van der Waals surface area contributed by atoms with E-state index in [9.17, 15) is 4.79 Å². The standard InChI is InChI=1S/C19H20N2O2S/c1-4-14-7-9-15(10-8-14)18-20-13(2)17(24-18)19(22)21(3)12-16-6-5-11-23-16/h5-11H,4,12H2,1-3H3.